The topological polar surface area (TPSA) is 144 Å². The number of amides is 2. The molecule has 1 aromatic carbocycles. The minimum Gasteiger partial charge on any atom is -0.363 e. The predicted octanol–water partition coefficient (Wildman–Crippen LogP) is 1.48. The van der Waals surface area contributed by atoms with Crippen LogP contribution in [0.3, 0.4) is 0 Å². The highest BCUT2D eigenvalue weighted by Crippen LogP contribution is 2.22. The predicted molar refractivity (Wildman–Crippen MR) is 111 cm³/mol. The fraction of sp³-hybridized carbons (Fsp3) is 0.100. The summed E-state index contributed by atoms with van der Waals surface area (Å²) < 4.78 is 8.21. The smallest absolute Gasteiger partial charge is 0.287 e. The van der Waals surface area contributed by atoms with Crippen molar-refractivity contribution in [1.29, 1.82) is 0 Å². The van der Waals surface area contributed by atoms with Gasteiger partial charge in [0, 0.05) is 41.5 Å². The Kier molecular flexibility index (Phi) is 5.31. The first-order chi connectivity index (χ1) is 14.5. The second-order valence-corrected chi connectivity index (χ2v) is 7.05. The molecule has 4 N–H and O–H groups in total. The molecule has 4 aromatic rings. The molecule has 10 heteroatoms. The molecule has 2 amide bonds. The number of para-hydroxylation sites is 1. The highest BCUT2D eigenvalue weighted by molar-refractivity contribution is 6.99. The van der Waals surface area contributed by atoms with E-state index in [1.165, 1.54) is 0 Å². The van der Waals surface area contributed by atoms with Crippen LogP contribution in [0, 0.1) is 0 Å². The van der Waals surface area contributed by atoms with E-state index in [0.29, 0.717) is 11.3 Å². The van der Waals surface area contributed by atoms with Crippen LogP contribution in [0.1, 0.15) is 16.1 Å². The average Bonchev–Trinajstić information content (AvgIpc) is 3.41. The highest BCUT2D eigenvalue weighted by atomic mass is 32.1. The summed E-state index contributed by atoms with van der Waals surface area (Å²) in [4.78, 5) is 44.0. The van der Waals surface area contributed by atoms with Crippen LogP contribution in [0.4, 0.5) is 0 Å². The SMILES string of the molecule is NC(=O)C(=O)C(Cc1c[nH]c2ccccc12)NC(=O)c1nsnc1-c1cccnc1. The minimum absolute atomic E-state index is 0.0502. The molecule has 0 spiro atoms. The lowest BCUT2D eigenvalue weighted by molar-refractivity contribution is -0.137. The van der Waals surface area contributed by atoms with Gasteiger partial charge < -0.3 is 16.0 Å². The summed E-state index contributed by atoms with van der Waals surface area (Å²) in [6.07, 6.45) is 5.00. The highest BCUT2D eigenvalue weighted by Gasteiger charge is 2.29. The number of nitrogens with one attached hydrogen (secondary N) is 2. The standard InChI is InChI=1S/C20H16N6O3S/c21-19(28)18(27)15(8-12-10-23-14-6-2-1-5-13(12)14)24-20(29)17-16(25-30-26-17)11-4-3-7-22-9-11/h1-7,9-10,15,23H,8H2,(H2,21,28)(H,24,29). The molecule has 3 heterocycles. The first kappa shape index (κ1) is 19.4. The lowest BCUT2D eigenvalue weighted by Crippen LogP contribution is -2.47. The number of nitrogens with zero attached hydrogens (tertiary/aromatic N) is 3. The van der Waals surface area contributed by atoms with Crippen LogP contribution >= 0.6 is 11.7 Å². The van der Waals surface area contributed by atoms with Gasteiger partial charge in [0.15, 0.2) is 5.69 Å². The molecule has 0 aliphatic heterocycles. The van der Waals surface area contributed by atoms with Gasteiger partial charge in [-0.25, -0.2) is 0 Å². The van der Waals surface area contributed by atoms with Gasteiger partial charge in [0.2, 0.25) is 5.78 Å². The number of fused-ring (bicyclic) bond motifs is 1. The molecular formula is C20H16N6O3S. The van der Waals surface area contributed by atoms with Crippen molar-refractivity contribution in [2.75, 3.05) is 0 Å². The number of nitrogens with two attached hydrogens (primary N) is 1. The van der Waals surface area contributed by atoms with Crippen LogP contribution in [-0.4, -0.2) is 42.4 Å². The number of ketones is 1. The molecule has 1 unspecified atom stereocenters. The van der Waals surface area contributed by atoms with Crippen molar-refractivity contribution < 1.29 is 14.4 Å². The van der Waals surface area contributed by atoms with Gasteiger partial charge in [-0.2, -0.15) is 8.75 Å². The number of hydrogen-bond acceptors (Lipinski definition) is 7. The van der Waals surface area contributed by atoms with E-state index in [9.17, 15) is 14.4 Å². The number of hydrogen-bond donors (Lipinski definition) is 3. The van der Waals surface area contributed by atoms with E-state index < -0.39 is 23.6 Å². The molecule has 0 saturated carbocycles. The second kappa shape index (κ2) is 8.21. The second-order valence-electron chi connectivity index (χ2n) is 6.52. The van der Waals surface area contributed by atoms with Crippen LogP contribution in [-0.2, 0) is 16.0 Å². The van der Waals surface area contributed by atoms with Gasteiger partial charge in [0.05, 0.1) is 11.7 Å². The molecule has 4 rings (SSSR count). The number of aromatic amines is 1. The van der Waals surface area contributed by atoms with Gasteiger partial charge in [-0.3, -0.25) is 19.4 Å². The van der Waals surface area contributed by atoms with Gasteiger partial charge in [-0.15, -0.1) is 0 Å². The van der Waals surface area contributed by atoms with E-state index >= 15 is 0 Å². The van der Waals surface area contributed by atoms with Crippen molar-refractivity contribution in [2.45, 2.75) is 12.5 Å². The van der Waals surface area contributed by atoms with Gasteiger partial charge in [-0.05, 0) is 23.8 Å². The van der Waals surface area contributed by atoms with Crippen molar-refractivity contribution in [2.24, 2.45) is 5.73 Å². The Balaban J connectivity index is 1.62. The molecule has 150 valence electrons. The number of primary amides is 1. The number of H-pyrrole nitrogens is 1. The van der Waals surface area contributed by atoms with E-state index in [1.807, 2.05) is 24.3 Å². The number of benzene rings is 1. The van der Waals surface area contributed by atoms with Gasteiger partial charge in [0.25, 0.3) is 11.8 Å². The van der Waals surface area contributed by atoms with Crippen molar-refractivity contribution in [1.82, 2.24) is 24.0 Å². The van der Waals surface area contributed by atoms with Gasteiger partial charge in [0.1, 0.15) is 11.7 Å². The Morgan fingerprint density at radius 1 is 1.13 bits per heavy atom. The number of pyridine rings is 1. The Hall–Kier alpha value is -3.92. The summed E-state index contributed by atoms with van der Waals surface area (Å²) in [6.45, 7) is 0. The molecule has 3 aromatic heterocycles. The minimum atomic E-state index is -1.14. The fourth-order valence-corrected chi connectivity index (χ4v) is 3.72. The molecule has 30 heavy (non-hydrogen) atoms. The van der Waals surface area contributed by atoms with E-state index in [4.69, 9.17) is 5.73 Å². The first-order valence-electron chi connectivity index (χ1n) is 8.97. The third-order valence-corrected chi connectivity index (χ3v) is 5.13. The molecule has 0 aliphatic carbocycles. The quantitative estimate of drug-likeness (QED) is 0.386. The van der Waals surface area contributed by atoms with Crippen molar-refractivity contribution in [3.8, 4) is 11.3 Å². The van der Waals surface area contributed by atoms with Crippen molar-refractivity contribution >= 4 is 40.2 Å². The maximum absolute atomic E-state index is 12.9. The van der Waals surface area contributed by atoms with Crippen molar-refractivity contribution in [3.05, 3.63) is 66.2 Å². The zero-order valence-corrected chi connectivity index (χ0v) is 16.3. The lowest BCUT2D eigenvalue weighted by Gasteiger charge is -2.15. The first-order valence-corrected chi connectivity index (χ1v) is 9.70. The largest absolute Gasteiger partial charge is 0.363 e. The Morgan fingerprint density at radius 2 is 1.97 bits per heavy atom. The molecule has 0 aliphatic rings. The molecule has 9 nitrogen and oxygen atoms in total. The van der Waals surface area contributed by atoms with Crippen LogP contribution in [0.2, 0.25) is 0 Å². The van der Waals surface area contributed by atoms with E-state index in [1.54, 1.807) is 30.7 Å². The van der Waals surface area contributed by atoms with E-state index in [2.05, 4.69) is 24.0 Å². The summed E-state index contributed by atoms with van der Waals surface area (Å²) in [5.74, 6) is -2.63. The maximum Gasteiger partial charge on any atom is 0.287 e. The Labute approximate surface area is 174 Å². The number of carbonyl (C=O) groups is 3. The third kappa shape index (κ3) is 3.80. The van der Waals surface area contributed by atoms with E-state index in [-0.39, 0.29) is 12.1 Å². The van der Waals surface area contributed by atoms with Crippen LogP contribution in [0.15, 0.2) is 55.0 Å². The monoisotopic (exact) mass is 420 g/mol. The third-order valence-electron chi connectivity index (χ3n) is 4.60. The molecule has 0 radical (unpaired) electrons. The van der Waals surface area contributed by atoms with Crippen LogP contribution in [0.5, 0.6) is 0 Å². The fourth-order valence-electron chi connectivity index (χ4n) is 3.16. The average molecular weight is 420 g/mol. The lowest BCUT2D eigenvalue weighted by atomic mass is 10.0. The van der Waals surface area contributed by atoms with E-state index in [0.717, 1.165) is 28.2 Å². The molecular weight excluding hydrogens is 404 g/mol. The number of aromatic nitrogens is 4. The van der Waals surface area contributed by atoms with Gasteiger partial charge >= 0.3 is 0 Å². The Morgan fingerprint density at radius 3 is 2.73 bits per heavy atom. The number of carbonyl (C=O) groups excluding carboxylic acids is 3. The summed E-state index contributed by atoms with van der Waals surface area (Å²) >= 11 is 0.868. The molecule has 1 atom stereocenters. The zero-order chi connectivity index (χ0) is 21.1. The van der Waals surface area contributed by atoms with Gasteiger partial charge in [-0.1, -0.05) is 18.2 Å². The molecule has 0 bridgehead atoms. The Bertz CT molecular complexity index is 1230. The normalized spacial score (nSPS) is 11.9. The maximum atomic E-state index is 12.9. The summed E-state index contributed by atoms with van der Waals surface area (Å²) in [5, 5.41) is 3.48. The number of rotatable bonds is 7. The van der Waals surface area contributed by atoms with Crippen LogP contribution in [0.25, 0.3) is 22.2 Å². The number of Topliss-reactive ketones (excluding diaryl/α,β-unsaturated/α-hetero) is 1. The molecule has 0 saturated heterocycles. The molecule has 0 fully saturated rings. The summed E-state index contributed by atoms with van der Waals surface area (Å²) in [6, 6.07) is 9.85. The van der Waals surface area contributed by atoms with Crippen molar-refractivity contribution in [3.63, 3.8) is 0 Å². The zero-order valence-electron chi connectivity index (χ0n) is 15.5. The summed E-state index contributed by atoms with van der Waals surface area (Å²) in [7, 11) is 0. The van der Waals surface area contributed by atoms with Crippen LogP contribution < -0.4 is 11.1 Å². The summed E-state index contributed by atoms with van der Waals surface area (Å²) in [5.41, 5.74) is 7.88.